The van der Waals surface area contributed by atoms with Gasteiger partial charge in [0.2, 0.25) is 11.6 Å². The van der Waals surface area contributed by atoms with Crippen molar-refractivity contribution in [2.24, 2.45) is 0 Å². The van der Waals surface area contributed by atoms with Gasteiger partial charge in [-0.05, 0) is 38.3 Å². The highest BCUT2D eigenvalue weighted by atomic mass is 16.5. The highest BCUT2D eigenvalue weighted by molar-refractivity contribution is 6.01. The summed E-state index contributed by atoms with van der Waals surface area (Å²) in [6, 6.07) is 5.75. The van der Waals surface area contributed by atoms with Crippen LogP contribution in [0.5, 0.6) is 0 Å². The molecule has 9 nitrogen and oxygen atoms in total. The number of nitrogens with one attached hydrogen (secondary N) is 1. The van der Waals surface area contributed by atoms with Crippen LogP contribution in [-0.2, 0) is 27.2 Å². The average molecular weight is 388 g/mol. The van der Waals surface area contributed by atoms with Crippen LogP contribution in [0.1, 0.15) is 52.9 Å². The van der Waals surface area contributed by atoms with Crippen molar-refractivity contribution in [1.82, 2.24) is 15.0 Å². The van der Waals surface area contributed by atoms with Gasteiger partial charge in [-0.25, -0.2) is 14.3 Å². The standard InChI is InChI=1S/C19H24N4O5/c1-5-13-10-8-9-12(4)15(13)20-14(24)11-23-17(19(26)28-7-3)16(21-22-23)18(25)27-6-2/h8-10H,5-7,11H2,1-4H3,(H,20,24). The maximum absolute atomic E-state index is 12.6. The van der Waals surface area contributed by atoms with E-state index in [1.54, 1.807) is 13.8 Å². The van der Waals surface area contributed by atoms with E-state index in [0.717, 1.165) is 27.9 Å². The van der Waals surface area contributed by atoms with Crippen molar-refractivity contribution >= 4 is 23.5 Å². The summed E-state index contributed by atoms with van der Waals surface area (Å²) in [4.78, 5) is 36.9. The number of nitrogens with zero attached hydrogens (tertiary/aromatic N) is 3. The molecule has 0 unspecified atom stereocenters. The summed E-state index contributed by atoms with van der Waals surface area (Å²) in [7, 11) is 0. The first-order chi connectivity index (χ1) is 13.4. The van der Waals surface area contributed by atoms with Gasteiger partial charge in [0.1, 0.15) is 6.54 Å². The summed E-state index contributed by atoms with van der Waals surface area (Å²) in [5, 5.41) is 10.3. The predicted molar refractivity (Wildman–Crippen MR) is 101 cm³/mol. The first-order valence-electron chi connectivity index (χ1n) is 9.08. The van der Waals surface area contributed by atoms with E-state index in [0.29, 0.717) is 0 Å². The van der Waals surface area contributed by atoms with E-state index in [1.807, 2.05) is 32.0 Å². The van der Waals surface area contributed by atoms with Gasteiger partial charge in [-0.2, -0.15) is 0 Å². The molecular formula is C19H24N4O5. The Labute approximate surface area is 163 Å². The largest absolute Gasteiger partial charge is 0.461 e. The molecular weight excluding hydrogens is 364 g/mol. The first kappa shape index (κ1) is 21.1. The molecule has 0 saturated carbocycles. The summed E-state index contributed by atoms with van der Waals surface area (Å²) < 4.78 is 10.9. The number of para-hydroxylation sites is 1. The lowest BCUT2D eigenvalue weighted by atomic mass is 10.1. The van der Waals surface area contributed by atoms with Crippen LogP contribution in [0.15, 0.2) is 18.2 Å². The molecule has 1 amide bonds. The van der Waals surface area contributed by atoms with Gasteiger partial charge in [0.15, 0.2) is 5.69 Å². The predicted octanol–water partition coefficient (Wildman–Crippen LogP) is 2.14. The van der Waals surface area contributed by atoms with Crippen molar-refractivity contribution in [2.75, 3.05) is 18.5 Å². The Kier molecular flexibility index (Phi) is 7.25. The third-order valence-corrected chi connectivity index (χ3v) is 3.97. The molecule has 28 heavy (non-hydrogen) atoms. The smallest absolute Gasteiger partial charge is 0.361 e. The summed E-state index contributed by atoms with van der Waals surface area (Å²) in [5.41, 5.74) is 2.14. The number of aromatic nitrogens is 3. The molecule has 0 fully saturated rings. The van der Waals surface area contributed by atoms with Gasteiger partial charge in [0, 0.05) is 5.69 Å². The molecule has 0 spiro atoms. The summed E-state index contributed by atoms with van der Waals surface area (Å²) in [6.07, 6.45) is 0.752. The van der Waals surface area contributed by atoms with E-state index in [2.05, 4.69) is 15.6 Å². The molecule has 2 aromatic rings. The van der Waals surface area contributed by atoms with E-state index in [9.17, 15) is 14.4 Å². The third-order valence-electron chi connectivity index (χ3n) is 3.97. The molecule has 0 aliphatic rings. The maximum Gasteiger partial charge on any atom is 0.361 e. The quantitative estimate of drug-likeness (QED) is 0.689. The van der Waals surface area contributed by atoms with Gasteiger partial charge < -0.3 is 14.8 Å². The Morgan fingerprint density at radius 1 is 1.07 bits per heavy atom. The fourth-order valence-corrected chi connectivity index (χ4v) is 2.68. The zero-order chi connectivity index (χ0) is 20.7. The monoisotopic (exact) mass is 388 g/mol. The number of anilines is 1. The van der Waals surface area contributed by atoms with Crippen LogP contribution < -0.4 is 5.32 Å². The fourth-order valence-electron chi connectivity index (χ4n) is 2.68. The lowest BCUT2D eigenvalue weighted by molar-refractivity contribution is -0.117. The van der Waals surface area contributed by atoms with Crippen LogP contribution in [0.2, 0.25) is 0 Å². The van der Waals surface area contributed by atoms with Crippen LogP contribution >= 0.6 is 0 Å². The van der Waals surface area contributed by atoms with Gasteiger partial charge in [-0.3, -0.25) is 4.79 Å². The number of hydrogen-bond acceptors (Lipinski definition) is 7. The Bertz CT molecular complexity index is 875. The zero-order valence-corrected chi connectivity index (χ0v) is 16.4. The highest BCUT2D eigenvalue weighted by Crippen LogP contribution is 2.21. The molecule has 1 N–H and O–H groups in total. The average Bonchev–Trinajstić information content (AvgIpc) is 3.07. The lowest BCUT2D eigenvalue weighted by Gasteiger charge is -2.13. The molecule has 0 atom stereocenters. The number of ether oxygens (including phenoxy) is 2. The zero-order valence-electron chi connectivity index (χ0n) is 16.4. The molecule has 0 aliphatic carbocycles. The minimum atomic E-state index is -0.801. The minimum Gasteiger partial charge on any atom is -0.461 e. The van der Waals surface area contributed by atoms with Crippen LogP contribution in [-0.4, -0.2) is 46.1 Å². The maximum atomic E-state index is 12.6. The number of aryl methyl sites for hydroxylation is 2. The number of amides is 1. The Morgan fingerprint density at radius 2 is 1.75 bits per heavy atom. The third kappa shape index (κ3) is 4.73. The summed E-state index contributed by atoms with van der Waals surface area (Å²) in [6.45, 7) is 7.06. The van der Waals surface area contributed by atoms with Crippen molar-refractivity contribution in [3.05, 3.63) is 40.7 Å². The number of benzene rings is 1. The molecule has 0 radical (unpaired) electrons. The summed E-state index contributed by atoms with van der Waals surface area (Å²) >= 11 is 0. The number of rotatable bonds is 8. The van der Waals surface area contributed by atoms with Crippen LogP contribution in [0.4, 0.5) is 5.69 Å². The normalized spacial score (nSPS) is 10.4. The molecule has 2 rings (SSSR count). The van der Waals surface area contributed by atoms with Crippen molar-refractivity contribution < 1.29 is 23.9 Å². The van der Waals surface area contributed by atoms with Crippen LogP contribution in [0.25, 0.3) is 0 Å². The number of carbonyl (C=O) groups is 3. The summed E-state index contributed by atoms with van der Waals surface area (Å²) in [5.74, 6) is -2.01. The Morgan fingerprint density at radius 3 is 2.39 bits per heavy atom. The molecule has 150 valence electrons. The molecule has 1 aromatic carbocycles. The second-order valence-electron chi connectivity index (χ2n) is 5.90. The number of esters is 2. The molecule has 0 saturated heterocycles. The topological polar surface area (TPSA) is 112 Å². The number of hydrogen-bond donors (Lipinski definition) is 1. The van der Waals surface area contributed by atoms with Crippen molar-refractivity contribution in [1.29, 1.82) is 0 Å². The second kappa shape index (κ2) is 9.63. The molecule has 1 heterocycles. The van der Waals surface area contributed by atoms with Crippen LogP contribution in [0, 0.1) is 6.92 Å². The fraction of sp³-hybridized carbons (Fsp3) is 0.421. The van der Waals surface area contributed by atoms with E-state index < -0.39 is 17.8 Å². The second-order valence-corrected chi connectivity index (χ2v) is 5.90. The van der Waals surface area contributed by atoms with Crippen molar-refractivity contribution in [2.45, 2.75) is 40.7 Å². The van der Waals surface area contributed by atoms with Gasteiger partial charge in [-0.1, -0.05) is 30.3 Å². The molecule has 1 aromatic heterocycles. The molecule has 0 bridgehead atoms. The highest BCUT2D eigenvalue weighted by Gasteiger charge is 2.28. The molecule has 0 aliphatic heterocycles. The Balaban J connectivity index is 2.29. The Hall–Kier alpha value is -3.23. The van der Waals surface area contributed by atoms with E-state index in [4.69, 9.17) is 9.47 Å². The van der Waals surface area contributed by atoms with Gasteiger partial charge in [0.25, 0.3) is 0 Å². The van der Waals surface area contributed by atoms with E-state index in [1.165, 1.54) is 0 Å². The molecule has 9 heteroatoms. The van der Waals surface area contributed by atoms with Crippen LogP contribution in [0.3, 0.4) is 0 Å². The van der Waals surface area contributed by atoms with Gasteiger partial charge in [-0.15, -0.1) is 5.10 Å². The van der Waals surface area contributed by atoms with Crippen molar-refractivity contribution in [3.8, 4) is 0 Å². The lowest BCUT2D eigenvalue weighted by Crippen LogP contribution is -2.25. The first-order valence-corrected chi connectivity index (χ1v) is 9.08. The van der Waals surface area contributed by atoms with Gasteiger partial charge in [0.05, 0.1) is 13.2 Å². The van der Waals surface area contributed by atoms with E-state index in [-0.39, 0.29) is 31.1 Å². The SMILES string of the molecule is CCOC(=O)c1nnn(CC(=O)Nc2c(C)cccc2CC)c1C(=O)OCC. The van der Waals surface area contributed by atoms with Gasteiger partial charge >= 0.3 is 11.9 Å². The van der Waals surface area contributed by atoms with Crippen molar-refractivity contribution in [3.63, 3.8) is 0 Å². The number of carbonyl (C=O) groups excluding carboxylic acids is 3. The van der Waals surface area contributed by atoms with E-state index >= 15 is 0 Å². The minimum absolute atomic E-state index is 0.0988.